The smallest absolute Gasteiger partial charge is 0.322 e. The highest BCUT2D eigenvalue weighted by Gasteiger charge is 2.16. The molecule has 0 aromatic carbocycles. The minimum atomic E-state index is -1.11. The van der Waals surface area contributed by atoms with E-state index < -0.39 is 23.9 Å². The average molecular weight is 248 g/mol. The minimum absolute atomic E-state index is 0.0439. The van der Waals surface area contributed by atoms with Crippen molar-refractivity contribution >= 4 is 17.9 Å². The van der Waals surface area contributed by atoms with Gasteiger partial charge in [-0.15, -0.1) is 0 Å². The Balaban J connectivity index is 3.79. The molecule has 1 atom stereocenters. The summed E-state index contributed by atoms with van der Waals surface area (Å²) in [7, 11) is 0. The van der Waals surface area contributed by atoms with E-state index in [4.69, 9.17) is 15.3 Å². The normalized spacial score (nSPS) is 12.0. The number of hydrogen-bond acceptors (Lipinski definition) is 5. The third-order valence-corrected chi connectivity index (χ3v) is 1.89. The van der Waals surface area contributed by atoms with Gasteiger partial charge in [-0.2, -0.15) is 0 Å². The summed E-state index contributed by atoms with van der Waals surface area (Å²) >= 11 is 0. The molecule has 0 spiro atoms. The molecule has 0 aromatic heterocycles. The molecule has 98 valence electrons. The lowest BCUT2D eigenvalue weighted by Gasteiger charge is -2.14. The Morgan fingerprint density at radius 2 is 1.47 bits per heavy atom. The van der Waals surface area contributed by atoms with Crippen molar-refractivity contribution in [2.75, 3.05) is 19.6 Å². The lowest BCUT2D eigenvalue weighted by atomic mass is 10.2. The molecular weight excluding hydrogens is 232 g/mol. The van der Waals surface area contributed by atoms with Gasteiger partial charge in [-0.1, -0.05) is 0 Å². The van der Waals surface area contributed by atoms with Gasteiger partial charge in [0, 0.05) is 19.6 Å². The minimum Gasteiger partial charge on any atom is -0.481 e. The molecule has 0 saturated heterocycles. The zero-order valence-corrected chi connectivity index (χ0v) is 9.18. The van der Waals surface area contributed by atoms with Crippen LogP contribution in [-0.2, 0) is 14.4 Å². The first kappa shape index (κ1) is 15.3. The second kappa shape index (κ2) is 8.48. The lowest BCUT2D eigenvalue weighted by Crippen LogP contribution is -2.45. The molecule has 0 aliphatic carbocycles. The van der Waals surface area contributed by atoms with Crippen LogP contribution in [0.4, 0.5) is 0 Å². The number of carboxylic acid groups (broad SMARTS) is 3. The Labute approximate surface area is 97.6 Å². The summed E-state index contributed by atoms with van der Waals surface area (Å²) in [6.45, 7) is 0.259. The van der Waals surface area contributed by atoms with Crippen LogP contribution >= 0.6 is 0 Å². The van der Waals surface area contributed by atoms with Gasteiger partial charge in [-0.25, -0.2) is 0 Å². The molecule has 0 fully saturated rings. The molecule has 0 rings (SSSR count). The van der Waals surface area contributed by atoms with Crippen molar-refractivity contribution in [3.63, 3.8) is 0 Å². The number of rotatable bonds is 10. The zero-order valence-electron chi connectivity index (χ0n) is 9.18. The topological polar surface area (TPSA) is 136 Å². The van der Waals surface area contributed by atoms with Crippen molar-refractivity contribution in [2.24, 2.45) is 0 Å². The van der Waals surface area contributed by atoms with Crippen molar-refractivity contribution in [2.45, 2.75) is 18.9 Å². The Kier molecular flexibility index (Phi) is 7.65. The number of carboxylic acids is 3. The first-order valence-electron chi connectivity index (χ1n) is 5.04. The van der Waals surface area contributed by atoms with Crippen LogP contribution in [0.3, 0.4) is 0 Å². The molecule has 5 N–H and O–H groups in total. The SMILES string of the molecule is O=C(O)CCNC[C@H](NCCC(=O)O)C(=O)O. The second-order valence-corrected chi connectivity index (χ2v) is 3.34. The van der Waals surface area contributed by atoms with Gasteiger partial charge in [-0.3, -0.25) is 14.4 Å². The molecule has 17 heavy (non-hydrogen) atoms. The Bertz CT molecular complexity index is 281. The fraction of sp³-hybridized carbons (Fsp3) is 0.667. The van der Waals surface area contributed by atoms with Crippen LogP contribution < -0.4 is 10.6 Å². The predicted octanol–water partition coefficient (Wildman–Crippen LogP) is -1.43. The van der Waals surface area contributed by atoms with E-state index in [0.29, 0.717) is 0 Å². The van der Waals surface area contributed by atoms with Gasteiger partial charge in [0.2, 0.25) is 0 Å². The quantitative estimate of drug-likeness (QED) is 0.297. The maximum absolute atomic E-state index is 10.7. The summed E-state index contributed by atoms with van der Waals surface area (Å²) < 4.78 is 0. The first-order chi connectivity index (χ1) is 7.93. The molecule has 8 nitrogen and oxygen atoms in total. The molecule has 0 aliphatic rings. The molecule has 0 bridgehead atoms. The summed E-state index contributed by atoms with van der Waals surface area (Å²) in [6, 6.07) is -0.928. The van der Waals surface area contributed by atoms with Crippen LogP contribution in [0, 0.1) is 0 Å². The van der Waals surface area contributed by atoms with Crippen LogP contribution in [-0.4, -0.2) is 58.9 Å². The zero-order chi connectivity index (χ0) is 13.3. The first-order valence-corrected chi connectivity index (χ1v) is 5.04. The van der Waals surface area contributed by atoms with E-state index in [1.54, 1.807) is 0 Å². The Morgan fingerprint density at radius 3 is 1.94 bits per heavy atom. The largest absolute Gasteiger partial charge is 0.481 e. The Morgan fingerprint density at radius 1 is 0.941 bits per heavy atom. The molecule has 0 radical (unpaired) electrons. The van der Waals surface area contributed by atoms with E-state index in [-0.39, 0.29) is 32.5 Å². The number of carbonyl (C=O) groups is 3. The molecule has 0 aliphatic heterocycles. The van der Waals surface area contributed by atoms with E-state index in [1.807, 2.05) is 0 Å². The van der Waals surface area contributed by atoms with Crippen molar-refractivity contribution in [1.82, 2.24) is 10.6 Å². The van der Waals surface area contributed by atoms with Gasteiger partial charge in [0.1, 0.15) is 6.04 Å². The van der Waals surface area contributed by atoms with E-state index in [9.17, 15) is 14.4 Å². The maximum Gasteiger partial charge on any atom is 0.322 e. The standard InChI is InChI=1S/C9H16N2O6/c12-7(13)1-3-10-5-6(9(16)17)11-4-2-8(14)15/h6,10-11H,1-5H2,(H,12,13)(H,14,15)(H,16,17)/t6-/m0/s1. The molecule has 0 amide bonds. The summed E-state index contributed by atoms with van der Waals surface area (Å²) in [5.41, 5.74) is 0. The van der Waals surface area contributed by atoms with E-state index >= 15 is 0 Å². The van der Waals surface area contributed by atoms with Crippen molar-refractivity contribution in [3.8, 4) is 0 Å². The van der Waals surface area contributed by atoms with Gasteiger partial charge in [0.05, 0.1) is 12.8 Å². The summed E-state index contributed by atoms with van der Waals surface area (Å²) in [4.78, 5) is 31.1. The van der Waals surface area contributed by atoms with Gasteiger partial charge in [0.15, 0.2) is 0 Å². The number of hydrogen-bond donors (Lipinski definition) is 5. The molecule has 0 saturated carbocycles. The van der Waals surface area contributed by atoms with Crippen LogP contribution in [0.5, 0.6) is 0 Å². The number of nitrogens with one attached hydrogen (secondary N) is 2. The summed E-state index contributed by atoms with van der Waals surface area (Å²) in [5, 5.41) is 30.7. The van der Waals surface area contributed by atoms with Gasteiger partial charge >= 0.3 is 17.9 Å². The van der Waals surface area contributed by atoms with Gasteiger partial charge in [0.25, 0.3) is 0 Å². The highest BCUT2D eigenvalue weighted by molar-refractivity contribution is 5.74. The number of aliphatic carboxylic acids is 3. The summed E-state index contributed by atoms with van der Waals surface area (Å²) in [6.07, 6.45) is -0.264. The maximum atomic E-state index is 10.7. The van der Waals surface area contributed by atoms with E-state index in [2.05, 4.69) is 10.6 Å². The third kappa shape index (κ3) is 9.27. The summed E-state index contributed by atoms with van der Waals surface area (Å²) in [5.74, 6) is -3.10. The third-order valence-electron chi connectivity index (χ3n) is 1.89. The molecule has 0 heterocycles. The van der Waals surface area contributed by atoms with Crippen LogP contribution in [0.2, 0.25) is 0 Å². The van der Waals surface area contributed by atoms with Crippen LogP contribution in [0.25, 0.3) is 0 Å². The van der Waals surface area contributed by atoms with E-state index in [1.165, 1.54) is 0 Å². The second-order valence-electron chi connectivity index (χ2n) is 3.34. The fourth-order valence-electron chi connectivity index (χ4n) is 1.04. The highest BCUT2D eigenvalue weighted by atomic mass is 16.4. The van der Waals surface area contributed by atoms with Gasteiger partial charge in [-0.05, 0) is 0 Å². The fourth-order valence-corrected chi connectivity index (χ4v) is 1.04. The Hall–Kier alpha value is -1.67. The average Bonchev–Trinajstić information content (AvgIpc) is 2.20. The highest BCUT2D eigenvalue weighted by Crippen LogP contribution is 1.85. The van der Waals surface area contributed by atoms with Crippen molar-refractivity contribution in [3.05, 3.63) is 0 Å². The van der Waals surface area contributed by atoms with Crippen LogP contribution in [0.15, 0.2) is 0 Å². The lowest BCUT2D eigenvalue weighted by molar-refractivity contribution is -0.140. The van der Waals surface area contributed by atoms with Crippen molar-refractivity contribution in [1.29, 1.82) is 0 Å². The van der Waals surface area contributed by atoms with E-state index in [0.717, 1.165) is 0 Å². The molecule has 0 aromatic rings. The predicted molar refractivity (Wildman–Crippen MR) is 56.8 cm³/mol. The molecular formula is C9H16N2O6. The van der Waals surface area contributed by atoms with Crippen molar-refractivity contribution < 1.29 is 29.7 Å². The molecule has 8 heteroatoms. The monoisotopic (exact) mass is 248 g/mol. The molecule has 0 unspecified atom stereocenters. The van der Waals surface area contributed by atoms with Crippen LogP contribution in [0.1, 0.15) is 12.8 Å². The van der Waals surface area contributed by atoms with Gasteiger partial charge < -0.3 is 26.0 Å².